The summed E-state index contributed by atoms with van der Waals surface area (Å²) >= 11 is 0. The van der Waals surface area contributed by atoms with E-state index in [0.29, 0.717) is 12.3 Å². The minimum Gasteiger partial charge on any atom is -0.504 e. The zero-order valence-electron chi connectivity index (χ0n) is 16.5. The largest absolute Gasteiger partial charge is 0.504 e. The molecule has 0 aliphatic heterocycles. The maximum Gasteiger partial charge on any atom is 0.191 e. The third-order valence-electron chi connectivity index (χ3n) is 4.31. The number of halogens is 1. The lowest BCUT2D eigenvalue weighted by Gasteiger charge is -2.26. The molecule has 0 spiro atoms. The van der Waals surface area contributed by atoms with Crippen molar-refractivity contribution in [3.8, 4) is 11.5 Å². The number of methoxy groups -OCH3 is 1. The molecule has 2 rings (SSSR count). The smallest absolute Gasteiger partial charge is 0.191 e. The summed E-state index contributed by atoms with van der Waals surface area (Å²) in [7, 11) is 1.54. The highest BCUT2D eigenvalue weighted by molar-refractivity contribution is 14.0. The van der Waals surface area contributed by atoms with Gasteiger partial charge in [0, 0.05) is 24.1 Å². The first kappa shape index (κ1) is 23.1. The Hall–Kier alpha value is -1.96. The highest BCUT2D eigenvalue weighted by Gasteiger charge is 2.20. The Morgan fingerprint density at radius 3 is 2.41 bits per heavy atom. The van der Waals surface area contributed by atoms with Crippen LogP contribution in [-0.2, 0) is 12.0 Å². The van der Waals surface area contributed by atoms with Crippen LogP contribution in [0.1, 0.15) is 31.9 Å². The molecule has 2 aromatic carbocycles. The van der Waals surface area contributed by atoms with Crippen LogP contribution in [0.25, 0.3) is 0 Å². The molecule has 0 fully saturated rings. The fourth-order valence-corrected chi connectivity index (χ4v) is 2.66. The second kappa shape index (κ2) is 11.0. The number of benzene rings is 2. The Labute approximate surface area is 179 Å². The molecule has 0 aliphatic carbocycles. The van der Waals surface area contributed by atoms with Crippen LogP contribution in [0.15, 0.2) is 53.5 Å². The van der Waals surface area contributed by atoms with Gasteiger partial charge in [-0.2, -0.15) is 0 Å². The first-order valence-electron chi connectivity index (χ1n) is 8.90. The number of phenolic OH excluding ortho intramolecular Hbond substituents is 1. The van der Waals surface area contributed by atoms with E-state index in [-0.39, 0.29) is 35.1 Å². The molecule has 148 valence electrons. The molecule has 0 saturated carbocycles. The number of guanidine groups is 1. The Morgan fingerprint density at radius 1 is 1.07 bits per heavy atom. The molecule has 3 N–H and O–H groups in total. The number of para-hydroxylation sites is 1. The van der Waals surface area contributed by atoms with Gasteiger partial charge < -0.3 is 20.5 Å². The number of nitrogens with zero attached hydrogens (tertiary/aromatic N) is 1. The molecule has 0 aromatic heterocycles. The highest BCUT2D eigenvalue weighted by Crippen LogP contribution is 2.29. The number of hydrogen-bond donors (Lipinski definition) is 3. The summed E-state index contributed by atoms with van der Waals surface area (Å²) < 4.78 is 5.15. The number of aromatic hydroxyl groups is 1. The molecule has 5 nitrogen and oxygen atoms in total. The van der Waals surface area contributed by atoms with Crippen LogP contribution in [0.4, 0.5) is 0 Å². The van der Waals surface area contributed by atoms with Gasteiger partial charge in [-0.15, -0.1) is 24.0 Å². The van der Waals surface area contributed by atoms with Crippen LogP contribution in [0, 0.1) is 0 Å². The summed E-state index contributed by atoms with van der Waals surface area (Å²) in [5.74, 6) is 1.32. The third-order valence-corrected chi connectivity index (χ3v) is 4.31. The second-order valence-electron chi connectivity index (χ2n) is 6.77. The predicted molar refractivity (Wildman–Crippen MR) is 122 cm³/mol. The average molecular weight is 483 g/mol. The van der Waals surface area contributed by atoms with Crippen LogP contribution in [0.2, 0.25) is 0 Å². The first-order valence-corrected chi connectivity index (χ1v) is 8.90. The molecule has 0 heterocycles. The summed E-state index contributed by atoms with van der Waals surface area (Å²) in [5.41, 5.74) is 1.97. The van der Waals surface area contributed by atoms with Crippen molar-refractivity contribution in [2.45, 2.75) is 32.7 Å². The fourth-order valence-electron chi connectivity index (χ4n) is 2.66. The second-order valence-corrected chi connectivity index (χ2v) is 6.77. The Kier molecular flexibility index (Phi) is 9.41. The van der Waals surface area contributed by atoms with Gasteiger partial charge >= 0.3 is 0 Å². The van der Waals surface area contributed by atoms with E-state index in [1.54, 1.807) is 13.2 Å². The molecular formula is C21H30IN3O2. The maximum atomic E-state index is 10.2. The lowest BCUT2D eigenvalue weighted by Crippen LogP contribution is -2.43. The zero-order chi connectivity index (χ0) is 19.0. The zero-order valence-corrected chi connectivity index (χ0v) is 18.8. The number of aliphatic imine (C=N–C) groups is 1. The molecule has 27 heavy (non-hydrogen) atoms. The Morgan fingerprint density at radius 2 is 1.78 bits per heavy atom. The van der Waals surface area contributed by atoms with Gasteiger partial charge in [-0.3, -0.25) is 0 Å². The molecule has 6 heteroatoms. The Balaban J connectivity index is 0.00000364. The van der Waals surface area contributed by atoms with Gasteiger partial charge in [0.2, 0.25) is 0 Å². The molecule has 0 saturated heterocycles. The van der Waals surface area contributed by atoms with E-state index in [9.17, 15) is 5.11 Å². The van der Waals surface area contributed by atoms with Gasteiger partial charge in [-0.25, -0.2) is 4.99 Å². The number of nitrogens with one attached hydrogen (secondary N) is 2. The Bertz CT molecular complexity index is 733. The van der Waals surface area contributed by atoms with Gasteiger partial charge in [0.1, 0.15) is 0 Å². The van der Waals surface area contributed by atoms with Crippen molar-refractivity contribution in [1.82, 2.24) is 10.6 Å². The van der Waals surface area contributed by atoms with Gasteiger partial charge in [0.25, 0.3) is 0 Å². The van der Waals surface area contributed by atoms with E-state index in [1.165, 1.54) is 5.56 Å². The first-order chi connectivity index (χ1) is 12.5. The van der Waals surface area contributed by atoms with Crippen molar-refractivity contribution in [2.75, 3.05) is 20.2 Å². The normalized spacial score (nSPS) is 11.5. The topological polar surface area (TPSA) is 65.9 Å². The molecule has 0 unspecified atom stereocenters. The van der Waals surface area contributed by atoms with Crippen molar-refractivity contribution >= 4 is 29.9 Å². The summed E-state index contributed by atoms with van der Waals surface area (Å²) in [6.45, 7) is 8.31. The predicted octanol–water partition coefficient (Wildman–Crippen LogP) is 4.05. The summed E-state index contributed by atoms with van der Waals surface area (Å²) in [6, 6.07) is 15.8. The molecule has 2 aromatic rings. The van der Waals surface area contributed by atoms with Crippen LogP contribution in [-0.4, -0.2) is 31.3 Å². The quantitative estimate of drug-likeness (QED) is 0.316. The average Bonchev–Trinajstić information content (AvgIpc) is 2.65. The van der Waals surface area contributed by atoms with E-state index < -0.39 is 0 Å². The molecular weight excluding hydrogens is 453 g/mol. The number of phenols is 1. The molecule has 0 atom stereocenters. The lowest BCUT2D eigenvalue weighted by molar-refractivity contribution is 0.370. The highest BCUT2D eigenvalue weighted by atomic mass is 127. The summed E-state index contributed by atoms with van der Waals surface area (Å²) in [5, 5.41) is 16.9. The van der Waals surface area contributed by atoms with Gasteiger partial charge in [0.15, 0.2) is 17.5 Å². The minimum absolute atomic E-state index is 0. The van der Waals surface area contributed by atoms with Gasteiger partial charge in [-0.05, 0) is 18.6 Å². The van der Waals surface area contributed by atoms with Crippen LogP contribution in [0.5, 0.6) is 11.5 Å². The minimum atomic E-state index is -0.0322. The summed E-state index contributed by atoms with van der Waals surface area (Å²) in [6.07, 6.45) is 0. The molecule has 0 amide bonds. The molecule has 0 aliphatic rings. The number of hydrogen-bond acceptors (Lipinski definition) is 3. The van der Waals surface area contributed by atoms with E-state index in [2.05, 4.69) is 53.7 Å². The van der Waals surface area contributed by atoms with E-state index in [1.807, 2.05) is 25.1 Å². The SMILES string of the molecule is CCNC(=NCc1cccc(OC)c1O)NCC(C)(C)c1ccccc1.I. The third kappa shape index (κ3) is 6.61. The van der Waals surface area contributed by atoms with Crippen molar-refractivity contribution in [3.63, 3.8) is 0 Å². The number of ether oxygens (including phenoxy) is 1. The lowest BCUT2D eigenvalue weighted by atomic mass is 9.85. The van der Waals surface area contributed by atoms with E-state index >= 15 is 0 Å². The van der Waals surface area contributed by atoms with E-state index in [0.717, 1.165) is 24.6 Å². The standard InChI is InChI=1S/C21H29N3O2.HI/c1-5-22-20(23-14-16-10-9-13-18(26-4)19(16)25)24-15-21(2,3)17-11-7-6-8-12-17;/h6-13,25H,5,14-15H2,1-4H3,(H2,22,23,24);1H. The van der Waals surface area contributed by atoms with Crippen LogP contribution >= 0.6 is 24.0 Å². The summed E-state index contributed by atoms with van der Waals surface area (Å²) in [4.78, 5) is 4.60. The van der Waals surface area contributed by atoms with Crippen molar-refractivity contribution in [1.29, 1.82) is 0 Å². The van der Waals surface area contributed by atoms with Crippen LogP contribution in [0.3, 0.4) is 0 Å². The van der Waals surface area contributed by atoms with Crippen molar-refractivity contribution in [2.24, 2.45) is 4.99 Å². The van der Waals surface area contributed by atoms with Gasteiger partial charge in [-0.1, -0.05) is 56.3 Å². The van der Waals surface area contributed by atoms with E-state index in [4.69, 9.17) is 4.74 Å². The molecule has 0 bridgehead atoms. The molecule has 0 radical (unpaired) electrons. The maximum absolute atomic E-state index is 10.2. The van der Waals surface area contributed by atoms with Gasteiger partial charge in [0.05, 0.1) is 13.7 Å². The number of rotatable bonds is 7. The van der Waals surface area contributed by atoms with Crippen molar-refractivity contribution < 1.29 is 9.84 Å². The van der Waals surface area contributed by atoms with Crippen LogP contribution < -0.4 is 15.4 Å². The monoisotopic (exact) mass is 483 g/mol. The fraction of sp³-hybridized carbons (Fsp3) is 0.381. The van der Waals surface area contributed by atoms with Crippen molar-refractivity contribution in [3.05, 3.63) is 59.7 Å².